The molecule has 132 valence electrons. The molecule has 0 atom stereocenters. The maximum absolute atomic E-state index is 12.4. The predicted molar refractivity (Wildman–Crippen MR) is 105 cm³/mol. The van der Waals surface area contributed by atoms with Crippen LogP contribution in [0.2, 0.25) is 0 Å². The number of benzene rings is 2. The lowest BCUT2D eigenvalue weighted by atomic mass is 10.1. The molecule has 3 rings (SSSR count). The van der Waals surface area contributed by atoms with E-state index in [0.717, 1.165) is 28.1 Å². The molecule has 0 saturated carbocycles. The van der Waals surface area contributed by atoms with Crippen LogP contribution in [0.15, 0.2) is 48.8 Å². The van der Waals surface area contributed by atoms with E-state index in [9.17, 15) is 4.79 Å². The fraction of sp³-hybridized carbons (Fsp3) is 0.190. The number of nitrogens with zero attached hydrogens (tertiary/aromatic N) is 2. The van der Waals surface area contributed by atoms with Gasteiger partial charge < -0.3 is 10.6 Å². The molecule has 1 heterocycles. The molecule has 2 aromatic carbocycles. The van der Waals surface area contributed by atoms with Gasteiger partial charge in [-0.15, -0.1) is 0 Å². The van der Waals surface area contributed by atoms with Gasteiger partial charge in [0.15, 0.2) is 0 Å². The van der Waals surface area contributed by atoms with Crippen molar-refractivity contribution in [2.24, 2.45) is 0 Å². The van der Waals surface area contributed by atoms with E-state index in [-0.39, 0.29) is 11.6 Å². The predicted octanol–water partition coefficient (Wildman–Crippen LogP) is 4.71. The average Bonchev–Trinajstić information content (AvgIpc) is 2.61. The van der Waals surface area contributed by atoms with E-state index in [1.54, 1.807) is 6.20 Å². The van der Waals surface area contributed by atoms with Gasteiger partial charge in [-0.3, -0.25) is 4.79 Å². The van der Waals surface area contributed by atoms with Gasteiger partial charge >= 0.3 is 0 Å². The van der Waals surface area contributed by atoms with Gasteiger partial charge in [0.25, 0.3) is 5.91 Å². The van der Waals surface area contributed by atoms with Crippen molar-refractivity contribution in [3.05, 3.63) is 76.7 Å². The lowest BCUT2D eigenvalue weighted by Gasteiger charge is -2.12. The van der Waals surface area contributed by atoms with Crippen molar-refractivity contribution in [1.29, 1.82) is 0 Å². The number of nitrogens with one attached hydrogen (secondary N) is 2. The third kappa shape index (κ3) is 3.88. The molecule has 0 spiro atoms. The van der Waals surface area contributed by atoms with Crippen LogP contribution in [0, 0.1) is 27.7 Å². The standard InChI is InChI=1S/C21H22N4O/c1-13-8-9-17(16(4)10-13)24-19-12-22-18(11-23-19)21(26)25-20-14(2)6-5-7-15(20)3/h5-12H,1-4H3,(H,23,24)(H,25,26). The second kappa shape index (κ2) is 7.35. The van der Waals surface area contributed by atoms with E-state index in [1.165, 1.54) is 11.8 Å². The van der Waals surface area contributed by atoms with E-state index in [4.69, 9.17) is 0 Å². The lowest BCUT2D eigenvalue weighted by Crippen LogP contribution is -2.15. The zero-order valence-corrected chi connectivity index (χ0v) is 15.4. The summed E-state index contributed by atoms with van der Waals surface area (Å²) in [5.74, 6) is 0.327. The molecule has 0 radical (unpaired) electrons. The fourth-order valence-electron chi connectivity index (χ4n) is 2.79. The summed E-state index contributed by atoms with van der Waals surface area (Å²) in [6.07, 6.45) is 3.05. The third-order valence-electron chi connectivity index (χ3n) is 4.25. The van der Waals surface area contributed by atoms with Crippen molar-refractivity contribution in [3.8, 4) is 0 Å². The third-order valence-corrected chi connectivity index (χ3v) is 4.25. The zero-order valence-electron chi connectivity index (χ0n) is 15.4. The molecule has 0 aliphatic heterocycles. The number of para-hydroxylation sites is 1. The van der Waals surface area contributed by atoms with Gasteiger partial charge in [0.2, 0.25) is 0 Å². The Labute approximate surface area is 153 Å². The Morgan fingerprint density at radius 2 is 1.62 bits per heavy atom. The maximum Gasteiger partial charge on any atom is 0.275 e. The number of aromatic nitrogens is 2. The number of amides is 1. The average molecular weight is 346 g/mol. The number of anilines is 3. The van der Waals surface area contributed by atoms with Gasteiger partial charge in [-0.1, -0.05) is 35.9 Å². The first-order valence-corrected chi connectivity index (χ1v) is 8.48. The molecule has 0 bridgehead atoms. The molecule has 5 nitrogen and oxygen atoms in total. The highest BCUT2D eigenvalue weighted by atomic mass is 16.1. The quantitative estimate of drug-likeness (QED) is 0.718. The van der Waals surface area contributed by atoms with Gasteiger partial charge in [0.05, 0.1) is 12.4 Å². The van der Waals surface area contributed by atoms with E-state index < -0.39 is 0 Å². The minimum absolute atomic E-state index is 0.270. The molecule has 0 fully saturated rings. The largest absolute Gasteiger partial charge is 0.339 e. The van der Waals surface area contributed by atoms with Crippen LogP contribution in [-0.4, -0.2) is 15.9 Å². The zero-order chi connectivity index (χ0) is 18.7. The summed E-state index contributed by atoms with van der Waals surface area (Å²) >= 11 is 0. The second-order valence-corrected chi connectivity index (χ2v) is 6.45. The molecule has 0 saturated heterocycles. The maximum atomic E-state index is 12.4. The van der Waals surface area contributed by atoms with E-state index in [2.05, 4.69) is 33.6 Å². The number of hydrogen-bond donors (Lipinski definition) is 2. The molecular formula is C21H22N4O. The Bertz CT molecular complexity index is 928. The fourth-order valence-corrected chi connectivity index (χ4v) is 2.79. The highest BCUT2D eigenvalue weighted by molar-refractivity contribution is 6.03. The molecule has 3 aromatic rings. The minimum Gasteiger partial charge on any atom is -0.339 e. The second-order valence-electron chi connectivity index (χ2n) is 6.45. The molecule has 1 amide bonds. The van der Waals surface area contributed by atoms with Crippen molar-refractivity contribution in [1.82, 2.24) is 9.97 Å². The van der Waals surface area contributed by atoms with Gasteiger partial charge in [0.1, 0.15) is 11.5 Å². The van der Waals surface area contributed by atoms with Crippen LogP contribution in [0.25, 0.3) is 0 Å². The summed E-state index contributed by atoms with van der Waals surface area (Å²) in [7, 11) is 0. The molecule has 2 N–H and O–H groups in total. The summed E-state index contributed by atoms with van der Waals surface area (Å²) in [4.78, 5) is 21.0. The molecule has 0 aliphatic carbocycles. The molecule has 26 heavy (non-hydrogen) atoms. The number of aryl methyl sites for hydroxylation is 4. The Balaban J connectivity index is 1.74. The van der Waals surface area contributed by atoms with Gasteiger partial charge in [-0.25, -0.2) is 9.97 Å². The van der Waals surface area contributed by atoms with Gasteiger partial charge in [-0.05, 0) is 50.5 Å². The summed E-state index contributed by atoms with van der Waals surface area (Å²) in [5.41, 5.74) is 6.42. The molecule has 1 aromatic heterocycles. The Morgan fingerprint density at radius 3 is 2.23 bits per heavy atom. The smallest absolute Gasteiger partial charge is 0.275 e. The van der Waals surface area contributed by atoms with Gasteiger partial charge in [-0.2, -0.15) is 0 Å². The molecule has 5 heteroatoms. The highest BCUT2D eigenvalue weighted by Crippen LogP contribution is 2.21. The van der Waals surface area contributed by atoms with Crippen molar-refractivity contribution in [2.45, 2.75) is 27.7 Å². The molecule has 0 aliphatic rings. The van der Waals surface area contributed by atoms with Crippen LogP contribution in [0.3, 0.4) is 0 Å². The summed E-state index contributed by atoms with van der Waals surface area (Å²) in [6, 6.07) is 12.0. The number of carbonyl (C=O) groups excluding carboxylic acids is 1. The lowest BCUT2D eigenvalue weighted by molar-refractivity contribution is 0.102. The van der Waals surface area contributed by atoms with Crippen molar-refractivity contribution < 1.29 is 4.79 Å². The number of hydrogen-bond acceptors (Lipinski definition) is 4. The van der Waals surface area contributed by atoms with Crippen molar-refractivity contribution >= 4 is 23.1 Å². The van der Waals surface area contributed by atoms with Crippen LogP contribution in [0.4, 0.5) is 17.2 Å². The number of rotatable bonds is 4. The summed E-state index contributed by atoms with van der Waals surface area (Å²) < 4.78 is 0. The van der Waals surface area contributed by atoms with E-state index >= 15 is 0 Å². The highest BCUT2D eigenvalue weighted by Gasteiger charge is 2.11. The summed E-state index contributed by atoms with van der Waals surface area (Å²) in [5, 5.41) is 6.15. The first kappa shape index (κ1) is 17.6. The first-order valence-electron chi connectivity index (χ1n) is 8.48. The van der Waals surface area contributed by atoms with Crippen LogP contribution in [0.5, 0.6) is 0 Å². The van der Waals surface area contributed by atoms with Crippen LogP contribution in [-0.2, 0) is 0 Å². The van der Waals surface area contributed by atoms with Crippen LogP contribution < -0.4 is 10.6 Å². The van der Waals surface area contributed by atoms with E-state index in [1.807, 2.05) is 51.1 Å². The number of carbonyl (C=O) groups is 1. The van der Waals surface area contributed by atoms with E-state index in [0.29, 0.717) is 5.82 Å². The summed E-state index contributed by atoms with van der Waals surface area (Å²) in [6.45, 7) is 8.02. The monoisotopic (exact) mass is 346 g/mol. The molecule has 0 unspecified atom stereocenters. The van der Waals surface area contributed by atoms with Crippen LogP contribution >= 0.6 is 0 Å². The van der Waals surface area contributed by atoms with Crippen molar-refractivity contribution in [3.63, 3.8) is 0 Å². The van der Waals surface area contributed by atoms with Gasteiger partial charge in [0, 0.05) is 11.4 Å². The van der Waals surface area contributed by atoms with Crippen LogP contribution in [0.1, 0.15) is 32.7 Å². The topological polar surface area (TPSA) is 66.9 Å². The Kier molecular flexibility index (Phi) is 4.98. The SMILES string of the molecule is Cc1ccc(Nc2cnc(C(=O)Nc3c(C)cccc3C)cn2)c(C)c1. The van der Waals surface area contributed by atoms with Crippen molar-refractivity contribution in [2.75, 3.05) is 10.6 Å². The normalized spacial score (nSPS) is 10.5. The minimum atomic E-state index is -0.270. The first-order chi connectivity index (χ1) is 12.4. The Hall–Kier alpha value is -3.21. The Morgan fingerprint density at radius 1 is 0.885 bits per heavy atom. The molecular weight excluding hydrogens is 324 g/mol.